The van der Waals surface area contributed by atoms with Gasteiger partial charge in [-0.3, -0.25) is 4.79 Å². The van der Waals surface area contributed by atoms with Gasteiger partial charge in [-0.15, -0.1) is 0 Å². The van der Waals surface area contributed by atoms with Crippen molar-refractivity contribution in [3.63, 3.8) is 0 Å². The van der Waals surface area contributed by atoms with Gasteiger partial charge in [-0.1, -0.05) is 11.6 Å². The number of amides is 1. The molecule has 0 bridgehead atoms. The van der Waals surface area contributed by atoms with Gasteiger partial charge in [0.25, 0.3) is 5.91 Å². The summed E-state index contributed by atoms with van der Waals surface area (Å²) in [6.45, 7) is 3.72. The molecule has 4 nitrogen and oxygen atoms in total. The fourth-order valence-electron chi connectivity index (χ4n) is 2.17. The number of hydrogen-bond acceptors (Lipinski definition) is 3. The van der Waals surface area contributed by atoms with Crippen molar-refractivity contribution in [2.45, 2.75) is 32.4 Å². The van der Waals surface area contributed by atoms with Crippen LogP contribution in [0.1, 0.15) is 41.1 Å². The molecule has 0 spiro atoms. The molecular formula is C16H18ClNO3. The molecule has 0 saturated heterocycles. The van der Waals surface area contributed by atoms with Crippen LogP contribution in [0.15, 0.2) is 41.0 Å². The van der Waals surface area contributed by atoms with Crippen LogP contribution >= 0.6 is 11.6 Å². The van der Waals surface area contributed by atoms with E-state index in [0.717, 1.165) is 5.56 Å². The van der Waals surface area contributed by atoms with E-state index in [1.54, 1.807) is 30.3 Å². The number of furan rings is 1. The second-order valence-electron chi connectivity index (χ2n) is 5.16. The molecule has 1 amide bonds. The molecule has 0 radical (unpaired) electrons. The maximum atomic E-state index is 12.2. The average molecular weight is 308 g/mol. The van der Waals surface area contributed by atoms with Crippen molar-refractivity contribution in [1.29, 1.82) is 0 Å². The summed E-state index contributed by atoms with van der Waals surface area (Å²) in [6, 6.07) is 8.42. The number of aliphatic hydroxyl groups excluding tert-OH is 1. The number of hydrogen-bond donors (Lipinski definition) is 2. The van der Waals surface area contributed by atoms with Crippen molar-refractivity contribution in [2.75, 3.05) is 0 Å². The lowest BCUT2D eigenvalue weighted by Crippen LogP contribution is -2.33. The minimum absolute atomic E-state index is 0.197. The standard InChI is InChI=1S/C16H18ClNO3/c1-10-6-12(9-13(17)7-10)16(20)18-11(2)8-14(19)15-4-3-5-21-15/h3-7,9,11,14,19H,8H2,1-2H3,(H,18,20). The fourth-order valence-corrected chi connectivity index (χ4v) is 2.46. The Bertz CT molecular complexity index is 590. The summed E-state index contributed by atoms with van der Waals surface area (Å²) < 4.78 is 5.14. The van der Waals surface area contributed by atoms with Crippen LogP contribution in [0.3, 0.4) is 0 Å². The highest BCUT2D eigenvalue weighted by atomic mass is 35.5. The van der Waals surface area contributed by atoms with E-state index in [2.05, 4.69) is 5.32 Å². The number of aryl methyl sites for hydroxylation is 1. The molecule has 2 N–H and O–H groups in total. The predicted octanol–water partition coefficient (Wildman–Crippen LogP) is 3.48. The molecule has 0 aliphatic carbocycles. The molecule has 21 heavy (non-hydrogen) atoms. The number of carbonyl (C=O) groups is 1. The van der Waals surface area contributed by atoms with Gasteiger partial charge in [-0.2, -0.15) is 0 Å². The molecule has 2 unspecified atom stereocenters. The second-order valence-corrected chi connectivity index (χ2v) is 5.60. The van der Waals surface area contributed by atoms with Crippen LogP contribution in [0, 0.1) is 6.92 Å². The zero-order valence-corrected chi connectivity index (χ0v) is 12.7. The van der Waals surface area contributed by atoms with Gasteiger partial charge in [-0.05, 0) is 49.7 Å². The average Bonchev–Trinajstić information content (AvgIpc) is 2.91. The van der Waals surface area contributed by atoms with Crippen LogP contribution in [0.5, 0.6) is 0 Å². The largest absolute Gasteiger partial charge is 0.467 e. The molecular weight excluding hydrogens is 290 g/mol. The van der Waals surface area contributed by atoms with E-state index in [1.165, 1.54) is 6.26 Å². The van der Waals surface area contributed by atoms with Gasteiger partial charge >= 0.3 is 0 Å². The van der Waals surface area contributed by atoms with Crippen LogP contribution in [-0.2, 0) is 0 Å². The summed E-state index contributed by atoms with van der Waals surface area (Å²) in [4.78, 5) is 12.2. The Morgan fingerprint density at radius 3 is 2.81 bits per heavy atom. The Balaban J connectivity index is 1.95. The molecule has 2 rings (SSSR count). The number of rotatable bonds is 5. The van der Waals surface area contributed by atoms with E-state index < -0.39 is 6.10 Å². The van der Waals surface area contributed by atoms with Crippen molar-refractivity contribution >= 4 is 17.5 Å². The molecule has 2 aromatic rings. The number of benzene rings is 1. The number of aliphatic hydroxyl groups is 1. The Morgan fingerprint density at radius 2 is 2.19 bits per heavy atom. The lowest BCUT2D eigenvalue weighted by atomic mass is 10.1. The molecule has 2 atom stereocenters. The van der Waals surface area contributed by atoms with E-state index in [0.29, 0.717) is 22.8 Å². The van der Waals surface area contributed by atoms with Crippen molar-refractivity contribution < 1.29 is 14.3 Å². The van der Waals surface area contributed by atoms with Gasteiger partial charge in [0.2, 0.25) is 0 Å². The normalized spacial score (nSPS) is 13.7. The van der Waals surface area contributed by atoms with Gasteiger partial charge in [0.05, 0.1) is 6.26 Å². The van der Waals surface area contributed by atoms with Crippen molar-refractivity contribution in [2.24, 2.45) is 0 Å². The van der Waals surface area contributed by atoms with Gasteiger partial charge in [0.15, 0.2) is 0 Å². The first-order valence-corrected chi connectivity index (χ1v) is 7.13. The number of carbonyl (C=O) groups excluding carboxylic acids is 1. The monoisotopic (exact) mass is 307 g/mol. The van der Waals surface area contributed by atoms with Crippen LogP contribution < -0.4 is 5.32 Å². The summed E-state index contributed by atoms with van der Waals surface area (Å²) in [6.07, 6.45) is 1.14. The summed E-state index contributed by atoms with van der Waals surface area (Å²) in [5, 5.41) is 13.4. The highest BCUT2D eigenvalue weighted by molar-refractivity contribution is 6.31. The Hall–Kier alpha value is -1.78. The first-order chi connectivity index (χ1) is 9.95. The molecule has 112 valence electrons. The Morgan fingerprint density at radius 1 is 1.43 bits per heavy atom. The zero-order valence-electron chi connectivity index (χ0n) is 12.0. The number of halogens is 1. The molecule has 1 aromatic carbocycles. The third-order valence-corrected chi connectivity index (χ3v) is 3.35. The van der Waals surface area contributed by atoms with Crippen molar-refractivity contribution in [3.8, 4) is 0 Å². The van der Waals surface area contributed by atoms with Gasteiger partial charge in [-0.25, -0.2) is 0 Å². The van der Waals surface area contributed by atoms with Crippen LogP contribution in [-0.4, -0.2) is 17.1 Å². The SMILES string of the molecule is Cc1cc(Cl)cc(C(=O)NC(C)CC(O)c2ccco2)c1. The molecule has 1 heterocycles. The maximum absolute atomic E-state index is 12.2. The van der Waals surface area contributed by atoms with Crippen LogP contribution in [0.4, 0.5) is 0 Å². The maximum Gasteiger partial charge on any atom is 0.251 e. The topological polar surface area (TPSA) is 62.5 Å². The first kappa shape index (κ1) is 15.6. The van der Waals surface area contributed by atoms with Crippen LogP contribution in [0.2, 0.25) is 5.02 Å². The van der Waals surface area contributed by atoms with Gasteiger partial charge in [0.1, 0.15) is 11.9 Å². The Labute approximate surface area is 128 Å². The molecule has 0 saturated carbocycles. The van der Waals surface area contributed by atoms with Crippen molar-refractivity contribution in [1.82, 2.24) is 5.32 Å². The minimum atomic E-state index is -0.739. The van der Waals surface area contributed by atoms with Gasteiger partial charge < -0.3 is 14.8 Å². The smallest absolute Gasteiger partial charge is 0.251 e. The molecule has 0 aliphatic rings. The predicted molar refractivity (Wildman–Crippen MR) is 81.4 cm³/mol. The number of nitrogens with one attached hydrogen (secondary N) is 1. The summed E-state index contributed by atoms with van der Waals surface area (Å²) in [7, 11) is 0. The molecule has 0 aliphatic heterocycles. The lowest BCUT2D eigenvalue weighted by molar-refractivity contribution is 0.0903. The summed E-state index contributed by atoms with van der Waals surface area (Å²) in [5.74, 6) is 0.287. The van der Waals surface area contributed by atoms with E-state index in [1.807, 2.05) is 13.8 Å². The van der Waals surface area contributed by atoms with Crippen molar-refractivity contribution in [3.05, 3.63) is 58.5 Å². The Kier molecular flexibility index (Phi) is 5.04. The summed E-state index contributed by atoms with van der Waals surface area (Å²) in [5.41, 5.74) is 1.44. The third-order valence-electron chi connectivity index (χ3n) is 3.13. The second kappa shape index (κ2) is 6.78. The first-order valence-electron chi connectivity index (χ1n) is 6.75. The highest BCUT2D eigenvalue weighted by Gasteiger charge is 2.17. The van der Waals surface area contributed by atoms with E-state index >= 15 is 0 Å². The van der Waals surface area contributed by atoms with Crippen LogP contribution in [0.25, 0.3) is 0 Å². The van der Waals surface area contributed by atoms with E-state index in [9.17, 15) is 9.90 Å². The van der Waals surface area contributed by atoms with E-state index in [4.69, 9.17) is 16.0 Å². The lowest BCUT2D eigenvalue weighted by Gasteiger charge is -2.17. The van der Waals surface area contributed by atoms with E-state index in [-0.39, 0.29) is 11.9 Å². The fraction of sp³-hybridized carbons (Fsp3) is 0.312. The molecule has 0 fully saturated rings. The zero-order chi connectivity index (χ0) is 15.4. The highest BCUT2D eigenvalue weighted by Crippen LogP contribution is 2.19. The molecule has 5 heteroatoms. The third kappa shape index (κ3) is 4.34. The quantitative estimate of drug-likeness (QED) is 0.889. The molecule has 1 aromatic heterocycles. The minimum Gasteiger partial charge on any atom is -0.467 e. The van der Waals surface area contributed by atoms with Gasteiger partial charge in [0, 0.05) is 23.0 Å². The summed E-state index contributed by atoms with van der Waals surface area (Å²) >= 11 is 5.95.